The van der Waals surface area contributed by atoms with E-state index in [2.05, 4.69) is 0 Å². The Hall–Kier alpha value is -1.56. The van der Waals surface area contributed by atoms with E-state index in [1.807, 2.05) is 6.07 Å². The van der Waals surface area contributed by atoms with Crippen molar-refractivity contribution in [2.75, 3.05) is 0 Å². The molecule has 66 valence electrons. The molecule has 3 heteroatoms. The first kappa shape index (κ1) is 8.06. The fourth-order valence-corrected chi connectivity index (χ4v) is 1.03. The van der Waals surface area contributed by atoms with E-state index in [-0.39, 0.29) is 11.9 Å². The Morgan fingerprint density at radius 1 is 1.46 bits per heavy atom. The number of benzene rings is 1. The molecule has 1 saturated carbocycles. The van der Waals surface area contributed by atoms with Gasteiger partial charge in [-0.1, -0.05) is 0 Å². The number of hydrogen-bond donors (Lipinski definition) is 0. The van der Waals surface area contributed by atoms with Crippen molar-refractivity contribution in [3.63, 3.8) is 0 Å². The minimum atomic E-state index is -0.453. The number of ether oxygens (including phenoxy) is 1. The highest BCUT2D eigenvalue weighted by atomic mass is 19.1. The van der Waals surface area contributed by atoms with Gasteiger partial charge < -0.3 is 4.74 Å². The molecule has 1 aromatic carbocycles. The highest BCUT2D eigenvalue weighted by Crippen LogP contribution is 2.28. The lowest BCUT2D eigenvalue weighted by molar-refractivity contribution is 0.287. The van der Waals surface area contributed by atoms with E-state index in [1.165, 1.54) is 12.1 Å². The molecule has 1 aliphatic carbocycles. The Labute approximate surface area is 75.6 Å². The Kier molecular flexibility index (Phi) is 1.90. The molecule has 0 radical (unpaired) electrons. The van der Waals surface area contributed by atoms with Crippen LogP contribution in [0.2, 0.25) is 0 Å². The largest absolute Gasteiger partial charge is 0.487 e. The third-order valence-electron chi connectivity index (χ3n) is 1.88. The van der Waals surface area contributed by atoms with Crippen molar-refractivity contribution in [3.05, 3.63) is 29.6 Å². The van der Waals surface area contributed by atoms with Gasteiger partial charge in [0, 0.05) is 0 Å². The molecule has 0 bridgehead atoms. The molecule has 13 heavy (non-hydrogen) atoms. The maximum absolute atomic E-state index is 13.1. The summed E-state index contributed by atoms with van der Waals surface area (Å²) in [6.45, 7) is 0. The second kappa shape index (κ2) is 3.06. The average molecular weight is 177 g/mol. The molecule has 0 amide bonds. The molecule has 0 unspecified atom stereocenters. The van der Waals surface area contributed by atoms with E-state index >= 15 is 0 Å². The molecular formula is C10H8FNO. The van der Waals surface area contributed by atoms with E-state index in [9.17, 15) is 4.39 Å². The summed E-state index contributed by atoms with van der Waals surface area (Å²) in [5, 5.41) is 8.49. The summed E-state index contributed by atoms with van der Waals surface area (Å²) in [6.07, 6.45) is 2.18. The standard InChI is InChI=1S/C10H8FNO/c11-9-5-7(6-12)1-4-10(9)13-8-2-3-8/h1,4-5,8H,2-3H2. The van der Waals surface area contributed by atoms with Gasteiger partial charge in [-0.05, 0) is 31.0 Å². The zero-order chi connectivity index (χ0) is 9.26. The summed E-state index contributed by atoms with van der Waals surface area (Å²) in [7, 11) is 0. The summed E-state index contributed by atoms with van der Waals surface area (Å²) >= 11 is 0. The number of nitrogens with zero attached hydrogens (tertiary/aromatic N) is 1. The third-order valence-corrected chi connectivity index (χ3v) is 1.88. The Morgan fingerprint density at radius 2 is 2.23 bits per heavy atom. The van der Waals surface area contributed by atoms with Crippen molar-refractivity contribution in [1.29, 1.82) is 5.26 Å². The fraction of sp³-hybridized carbons (Fsp3) is 0.300. The van der Waals surface area contributed by atoms with Crippen molar-refractivity contribution < 1.29 is 9.13 Å². The monoisotopic (exact) mass is 177 g/mol. The van der Waals surface area contributed by atoms with Crippen LogP contribution in [0.15, 0.2) is 18.2 Å². The molecular weight excluding hydrogens is 169 g/mol. The van der Waals surface area contributed by atoms with Crippen LogP contribution in [0.5, 0.6) is 5.75 Å². The quantitative estimate of drug-likeness (QED) is 0.694. The van der Waals surface area contributed by atoms with Gasteiger partial charge in [-0.3, -0.25) is 0 Å². The Balaban J connectivity index is 2.21. The van der Waals surface area contributed by atoms with Crippen molar-refractivity contribution >= 4 is 0 Å². The Bertz CT molecular complexity index is 366. The first-order valence-electron chi connectivity index (χ1n) is 4.16. The molecule has 0 aliphatic heterocycles. The number of hydrogen-bond acceptors (Lipinski definition) is 2. The third kappa shape index (κ3) is 1.78. The minimum absolute atomic E-state index is 0.183. The van der Waals surface area contributed by atoms with Crippen LogP contribution in [0, 0.1) is 17.1 Å². The molecule has 1 aromatic rings. The van der Waals surface area contributed by atoms with E-state index in [0.29, 0.717) is 5.56 Å². The van der Waals surface area contributed by atoms with Gasteiger partial charge in [0.15, 0.2) is 11.6 Å². The van der Waals surface area contributed by atoms with Gasteiger partial charge in [-0.2, -0.15) is 5.26 Å². The molecule has 0 saturated heterocycles. The molecule has 0 heterocycles. The summed E-state index contributed by atoms with van der Waals surface area (Å²) in [6, 6.07) is 6.12. The van der Waals surface area contributed by atoms with Crippen LogP contribution >= 0.6 is 0 Å². The van der Waals surface area contributed by atoms with Crippen molar-refractivity contribution in [2.45, 2.75) is 18.9 Å². The predicted molar refractivity (Wildman–Crippen MR) is 44.8 cm³/mol. The van der Waals surface area contributed by atoms with Crippen LogP contribution in [-0.4, -0.2) is 6.10 Å². The van der Waals surface area contributed by atoms with Crippen LogP contribution in [0.4, 0.5) is 4.39 Å². The van der Waals surface area contributed by atoms with Gasteiger partial charge in [0.05, 0.1) is 17.7 Å². The normalized spacial score (nSPS) is 15.1. The van der Waals surface area contributed by atoms with Crippen LogP contribution in [0.3, 0.4) is 0 Å². The zero-order valence-electron chi connectivity index (χ0n) is 6.96. The first-order valence-corrected chi connectivity index (χ1v) is 4.16. The van der Waals surface area contributed by atoms with Crippen LogP contribution in [0.25, 0.3) is 0 Å². The second-order valence-corrected chi connectivity index (χ2v) is 3.07. The highest BCUT2D eigenvalue weighted by molar-refractivity contribution is 5.36. The van der Waals surface area contributed by atoms with Gasteiger partial charge in [-0.15, -0.1) is 0 Å². The lowest BCUT2D eigenvalue weighted by atomic mass is 10.2. The van der Waals surface area contributed by atoms with Gasteiger partial charge in [0.1, 0.15) is 0 Å². The molecule has 1 aliphatic rings. The summed E-state index contributed by atoms with van der Waals surface area (Å²) < 4.78 is 18.4. The topological polar surface area (TPSA) is 33.0 Å². The number of nitriles is 1. The van der Waals surface area contributed by atoms with Crippen molar-refractivity contribution in [1.82, 2.24) is 0 Å². The van der Waals surface area contributed by atoms with E-state index in [1.54, 1.807) is 6.07 Å². The number of rotatable bonds is 2. The average Bonchev–Trinajstić information content (AvgIpc) is 2.92. The molecule has 1 fully saturated rings. The summed E-state index contributed by atoms with van der Waals surface area (Å²) in [5.41, 5.74) is 0.320. The maximum atomic E-state index is 13.1. The van der Waals surface area contributed by atoms with Gasteiger partial charge >= 0.3 is 0 Å². The smallest absolute Gasteiger partial charge is 0.166 e. The summed E-state index contributed by atoms with van der Waals surface area (Å²) in [4.78, 5) is 0. The van der Waals surface area contributed by atoms with Crippen molar-refractivity contribution in [3.8, 4) is 11.8 Å². The molecule has 0 N–H and O–H groups in total. The second-order valence-electron chi connectivity index (χ2n) is 3.07. The minimum Gasteiger partial charge on any atom is -0.487 e. The maximum Gasteiger partial charge on any atom is 0.166 e. The van der Waals surface area contributed by atoms with Crippen molar-refractivity contribution in [2.24, 2.45) is 0 Å². The Morgan fingerprint density at radius 3 is 2.77 bits per heavy atom. The lowest BCUT2D eigenvalue weighted by Crippen LogP contribution is -1.98. The fourth-order valence-electron chi connectivity index (χ4n) is 1.03. The highest BCUT2D eigenvalue weighted by Gasteiger charge is 2.24. The number of halogens is 1. The molecule has 0 spiro atoms. The van der Waals surface area contributed by atoms with Gasteiger partial charge in [-0.25, -0.2) is 4.39 Å². The van der Waals surface area contributed by atoms with E-state index in [4.69, 9.17) is 10.00 Å². The summed E-state index contributed by atoms with van der Waals surface area (Å²) in [5.74, 6) is -0.201. The van der Waals surface area contributed by atoms with E-state index < -0.39 is 5.82 Å². The SMILES string of the molecule is N#Cc1ccc(OC2CC2)c(F)c1. The predicted octanol–water partition coefficient (Wildman–Crippen LogP) is 2.24. The van der Waals surface area contributed by atoms with Gasteiger partial charge in [0.2, 0.25) is 0 Å². The molecule has 0 aromatic heterocycles. The molecule has 2 rings (SSSR count). The zero-order valence-corrected chi connectivity index (χ0v) is 6.96. The first-order chi connectivity index (χ1) is 6.29. The molecule has 2 nitrogen and oxygen atoms in total. The lowest BCUT2D eigenvalue weighted by Gasteiger charge is -2.04. The van der Waals surface area contributed by atoms with Gasteiger partial charge in [0.25, 0.3) is 0 Å². The van der Waals surface area contributed by atoms with Crippen LogP contribution in [0.1, 0.15) is 18.4 Å². The van der Waals surface area contributed by atoms with Crippen LogP contribution < -0.4 is 4.74 Å². The van der Waals surface area contributed by atoms with Crippen LogP contribution in [-0.2, 0) is 0 Å². The molecule has 0 atom stereocenters. The van der Waals surface area contributed by atoms with E-state index in [0.717, 1.165) is 12.8 Å².